The zero-order valence-corrected chi connectivity index (χ0v) is 12.5. The number of nitrogens with one attached hydrogen (secondary N) is 1. The summed E-state index contributed by atoms with van der Waals surface area (Å²) in [6, 6.07) is 7.03. The molecule has 0 unspecified atom stereocenters. The molecule has 0 saturated carbocycles. The van der Waals surface area contributed by atoms with Crippen LogP contribution < -0.4 is 5.32 Å². The molecule has 1 amide bonds. The number of carbonyl (C=O) groups is 1. The van der Waals surface area contributed by atoms with Crippen molar-refractivity contribution in [1.29, 1.82) is 0 Å². The molecular formula is C12H14ClNO3S2. The Morgan fingerprint density at radius 2 is 2.26 bits per heavy atom. The van der Waals surface area contributed by atoms with Crippen LogP contribution in [-0.2, 0) is 14.6 Å². The zero-order valence-electron chi connectivity index (χ0n) is 10.1. The molecule has 7 heteroatoms. The van der Waals surface area contributed by atoms with Gasteiger partial charge in [0.25, 0.3) is 0 Å². The van der Waals surface area contributed by atoms with Gasteiger partial charge in [0.15, 0.2) is 9.84 Å². The molecule has 1 aliphatic heterocycles. The first-order valence-electron chi connectivity index (χ1n) is 5.83. The van der Waals surface area contributed by atoms with E-state index in [0.29, 0.717) is 11.4 Å². The van der Waals surface area contributed by atoms with E-state index in [0.717, 1.165) is 4.90 Å². The van der Waals surface area contributed by atoms with Crippen molar-refractivity contribution in [2.24, 2.45) is 0 Å². The molecule has 104 valence electrons. The van der Waals surface area contributed by atoms with Crippen LogP contribution in [-0.4, -0.2) is 37.6 Å². The summed E-state index contributed by atoms with van der Waals surface area (Å²) in [6.07, 6.45) is 0.510. The van der Waals surface area contributed by atoms with Crippen molar-refractivity contribution in [1.82, 2.24) is 5.32 Å². The first-order chi connectivity index (χ1) is 8.94. The summed E-state index contributed by atoms with van der Waals surface area (Å²) in [5.74, 6) is 0.337. The second-order valence-corrected chi connectivity index (χ2v) is 8.13. The molecule has 1 atom stereocenters. The van der Waals surface area contributed by atoms with E-state index in [-0.39, 0.29) is 29.2 Å². The van der Waals surface area contributed by atoms with Gasteiger partial charge in [-0.05, 0) is 24.6 Å². The van der Waals surface area contributed by atoms with Gasteiger partial charge in [-0.15, -0.1) is 11.8 Å². The third kappa shape index (κ3) is 4.71. The molecule has 1 aromatic rings. The standard InChI is InChI=1S/C12H14ClNO3S2/c13-9-2-1-3-11(6-9)18-7-12(15)14-10-4-5-19(16,17)8-10/h1-3,6,10H,4-5,7-8H2,(H,14,15)/t10-/m1/s1. The van der Waals surface area contributed by atoms with Gasteiger partial charge in [-0.3, -0.25) is 4.79 Å². The van der Waals surface area contributed by atoms with Crippen LogP contribution >= 0.6 is 23.4 Å². The van der Waals surface area contributed by atoms with Crippen LogP contribution in [0.4, 0.5) is 0 Å². The third-order valence-corrected chi connectivity index (χ3v) is 5.76. The van der Waals surface area contributed by atoms with Gasteiger partial charge in [-0.25, -0.2) is 8.42 Å². The smallest absolute Gasteiger partial charge is 0.230 e. The number of benzene rings is 1. The van der Waals surface area contributed by atoms with Crippen LogP contribution in [0.1, 0.15) is 6.42 Å². The lowest BCUT2D eigenvalue weighted by atomic mass is 10.3. The van der Waals surface area contributed by atoms with Crippen molar-refractivity contribution >= 4 is 39.1 Å². The number of hydrogen-bond donors (Lipinski definition) is 1. The number of rotatable bonds is 4. The quantitative estimate of drug-likeness (QED) is 0.859. The minimum Gasteiger partial charge on any atom is -0.352 e. The molecular weight excluding hydrogens is 306 g/mol. The van der Waals surface area contributed by atoms with E-state index >= 15 is 0 Å². The second kappa shape index (κ2) is 6.15. The van der Waals surface area contributed by atoms with Crippen LogP contribution in [0, 0.1) is 0 Å². The Kier molecular flexibility index (Phi) is 4.76. The fourth-order valence-corrected chi connectivity index (χ4v) is 4.58. The highest BCUT2D eigenvalue weighted by atomic mass is 35.5. The van der Waals surface area contributed by atoms with Crippen LogP contribution in [0.3, 0.4) is 0 Å². The molecule has 1 fully saturated rings. The van der Waals surface area contributed by atoms with E-state index in [9.17, 15) is 13.2 Å². The summed E-state index contributed by atoms with van der Waals surface area (Å²) < 4.78 is 22.5. The number of carbonyl (C=O) groups excluding carboxylic acids is 1. The minimum absolute atomic E-state index is 0.0561. The van der Waals surface area contributed by atoms with E-state index in [1.807, 2.05) is 12.1 Å². The van der Waals surface area contributed by atoms with Gasteiger partial charge in [-0.1, -0.05) is 17.7 Å². The van der Waals surface area contributed by atoms with Crippen LogP contribution in [0.25, 0.3) is 0 Å². The molecule has 1 heterocycles. The first kappa shape index (κ1) is 14.7. The number of thioether (sulfide) groups is 1. The fraction of sp³-hybridized carbons (Fsp3) is 0.417. The molecule has 0 spiro atoms. The topological polar surface area (TPSA) is 63.2 Å². The monoisotopic (exact) mass is 319 g/mol. The number of halogens is 1. The van der Waals surface area contributed by atoms with Gasteiger partial charge in [0, 0.05) is 16.0 Å². The van der Waals surface area contributed by atoms with E-state index < -0.39 is 9.84 Å². The Labute approximate surface area is 121 Å². The van der Waals surface area contributed by atoms with Gasteiger partial charge in [0.2, 0.25) is 5.91 Å². The molecule has 1 aliphatic rings. The van der Waals surface area contributed by atoms with Gasteiger partial charge in [0.1, 0.15) is 0 Å². The number of hydrogen-bond acceptors (Lipinski definition) is 4. The fourth-order valence-electron chi connectivity index (χ4n) is 1.88. The summed E-state index contributed by atoms with van der Waals surface area (Å²) in [4.78, 5) is 12.6. The third-order valence-electron chi connectivity index (χ3n) is 2.76. The second-order valence-electron chi connectivity index (χ2n) is 4.41. The maximum absolute atomic E-state index is 11.7. The van der Waals surface area contributed by atoms with Crippen molar-refractivity contribution in [3.05, 3.63) is 29.3 Å². The summed E-state index contributed by atoms with van der Waals surface area (Å²) in [7, 11) is -2.95. The Morgan fingerprint density at radius 1 is 1.47 bits per heavy atom. The van der Waals surface area contributed by atoms with Crippen LogP contribution in [0.15, 0.2) is 29.2 Å². The SMILES string of the molecule is O=C(CSc1cccc(Cl)c1)N[C@@H]1CCS(=O)(=O)C1. The molecule has 2 rings (SSSR count). The Hall–Kier alpha value is -0.720. The predicted molar refractivity (Wildman–Crippen MR) is 77.4 cm³/mol. The van der Waals surface area contributed by atoms with Crippen molar-refractivity contribution in [3.63, 3.8) is 0 Å². The lowest BCUT2D eigenvalue weighted by Gasteiger charge is -2.10. The average molecular weight is 320 g/mol. The molecule has 0 aliphatic carbocycles. The van der Waals surface area contributed by atoms with E-state index in [1.54, 1.807) is 12.1 Å². The normalized spacial score (nSPS) is 21.2. The predicted octanol–water partition coefficient (Wildman–Crippen LogP) is 1.74. The van der Waals surface area contributed by atoms with Crippen LogP contribution in [0.2, 0.25) is 5.02 Å². The largest absolute Gasteiger partial charge is 0.352 e. The highest BCUT2D eigenvalue weighted by Crippen LogP contribution is 2.21. The molecule has 4 nitrogen and oxygen atoms in total. The zero-order chi connectivity index (χ0) is 13.9. The Balaban J connectivity index is 1.79. The lowest BCUT2D eigenvalue weighted by Crippen LogP contribution is -2.36. The summed E-state index contributed by atoms with van der Waals surface area (Å²) in [5, 5.41) is 3.38. The van der Waals surface area contributed by atoms with Crippen molar-refractivity contribution in [3.8, 4) is 0 Å². The maximum atomic E-state index is 11.7. The van der Waals surface area contributed by atoms with Gasteiger partial charge < -0.3 is 5.32 Å². The Morgan fingerprint density at radius 3 is 2.89 bits per heavy atom. The van der Waals surface area contributed by atoms with Gasteiger partial charge in [-0.2, -0.15) is 0 Å². The first-order valence-corrected chi connectivity index (χ1v) is 9.01. The summed E-state index contributed by atoms with van der Waals surface area (Å²) in [5.41, 5.74) is 0. The molecule has 1 N–H and O–H groups in total. The van der Waals surface area contributed by atoms with Gasteiger partial charge in [0.05, 0.1) is 17.3 Å². The molecule has 1 aromatic carbocycles. The number of sulfone groups is 1. The average Bonchev–Trinajstić information content (AvgIpc) is 2.66. The van der Waals surface area contributed by atoms with Gasteiger partial charge >= 0.3 is 0 Å². The van der Waals surface area contributed by atoms with E-state index in [1.165, 1.54) is 11.8 Å². The molecule has 0 aromatic heterocycles. The molecule has 0 bridgehead atoms. The van der Waals surface area contributed by atoms with Crippen molar-refractivity contribution < 1.29 is 13.2 Å². The molecule has 19 heavy (non-hydrogen) atoms. The highest BCUT2D eigenvalue weighted by molar-refractivity contribution is 8.00. The minimum atomic E-state index is -2.95. The van der Waals surface area contributed by atoms with Crippen LogP contribution in [0.5, 0.6) is 0 Å². The summed E-state index contributed by atoms with van der Waals surface area (Å²) >= 11 is 7.23. The molecule has 1 saturated heterocycles. The van der Waals surface area contributed by atoms with E-state index in [2.05, 4.69) is 5.32 Å². The number of amides is 1. The molecule has 0 radical (unpaired) electrons. The van der Waals surface area contributed by atoms with E-state index in [4.69, 9.17) is 11.6 Å². The summed E-state index contributed by atoms with van der Waals surface area (Å²) in [6.45, 7) is 0. The highest BCUT2D eigenvalue weighted by Gasteiger charge is 2.28. The van der Waals surface area contributed by atoms with Crippen molar-refractivity contribution in [2.45, 2.75) is 17.4 Å². The maximum Gasteiger partial charge on any atom is 0.230 e. The Bertz CT molecular complexity index is 574. The van der Waals surface area contributed by atoms with Crippen molar-refractivity contribution in [2.75, 3.05) is 17.3 Å². The lowest BCUT2D eigenvalue weighted by molar-refractivity contribution is -0.119.